The normalized spacial score (nSPS) is 16.9. The van der Waals surface area contributed by atoms with Crippen LogP contribution < -0.4 is 15.4 Å². The zero-order valence-electron chi connectivity index (χ0n) is 20.5. The number of hydrogen-bond donors (Lipinski definition) is 2. The Hall–Kier alpha value is -3.66. The van der Waals surface area contributed by atoms with Crippen LogP contribution in [0, 0.1) is 0 Å². The van der Waals surface area contributed by atoms with Gasteiger partial charge >= 0.3 is 0 Å². The monoisotopic (exact) mass is 507 g/mol. The molecule has 2 N–H and O–H groups in total. The van der Waals surface area contributed by atoms with E-state index in [0.717, 1.165) is 17.5 Å². The molecule has 2 aromatic rings. The number of rotatable bonds is 9. The van der Waals surface area contributed by atoms with Gasteiger partial charge in [0, 0.05) is 23.7 Å². The van der Waals surface area contributed by atoms with Crippen LogP contribution in [0.5, 0.6) is 5.75 Å². The molecule has 10 heteroatoms. The van der Waals surface area contributed by atoms with E-state index < -0.39 is 11.9 Å². The predicted octanol–water partition coefficient (Wildman–Crippen LogP) is 3.01. The van der Waals surface area contributed by atoms with E-state index in [0.29, 0.717) is 22.4 Å². The molecule has 0 bridgehead atoms. The van der Waals surface area contributed by atoms with E-state index >= 15 is 0 Å². The van der Waals surface area contributed by atoms with Gasteiger partial charge < -0.3 is 15.4 Å². The summed E-state index contributed by atoms with van der Waals surface area (Å²) in [6, 6.07) is 14.0. The maximum absolute atomic E-state index is 13.0. The van der Waals surface area contributed by atoms with E-state index in [1.165, 1.54) is 11.8 Å². The quantitative estimate of drug-likeness (QED) is 0.540. The molecule has 2 aliphatic heterocycles. The van der Waals surface area contributed by atoms with Crippen LogP contribution in [0.15, 0.2) is 58.5 Å². The van der Waals surface area contributed by atoms with Crippen molar-refractivity contribution in [1.82, 2.24) is 15.5 Å². The maximum Gasteiger partial charge on any atom is 0.271 e. The molecule has 2 aromatic carbocycles. The van der Waals surface area contributed by atoms with Gasteiger partial charge in [0.1, 0.15) is 17.6 Å². The molecular formula is C26H29N5O4S. The SMILES string of the molecule is CCC(C)NC(=O)CSC1=Nc2ccccc2C2=NC(=O)C(CC(=O)NCc3ccccc3OC)N12. The van der Waals surface area contributed by atoms with E-state index in [2.05, 4.69) is 15.6 Å². The van der Waals surface area contributed by atoms with Crippen molar-refractivity contribution < 1.29 is 19.1 Å². The molecule has 0 saturated heterocycles. The number of nitrogens with one attached hydrogen (secondary N) is 2. The van der Waals surface area contributed by atoms with Crippen LogP contribution in [0.25, 0.3) is 0 Å². The summed E-state index contributed by atoms with van der Waals surface area (Å²) in [7, 11) is 1.58. The Balaban J connectivity index is 1.50. The molecule has 0 spiro atoms. The van der Waals surface area contributed by atoms with Gasteiger partial charge in [-0.1, -0.05) is 49.0 Å². The molecular weight excluding hydrogens is 478 g/mol. The fourth-order valence-electron chi connectivity index (χ4n) is 3.94. The number of hydrogen-bond acceptors (Lipinski definition) is 7. The molecule has 2 aliphatic rings. The van der Waals surface area contributed by atoms with Gasteiger partial charge in [-0.3, -0.25) is 19.3 Å². The number of carbonyl (C=O) groups excluding carboxylic acids is 3. The first kappa shape index (κ1) is 25.4. The van der Waals surface area contributed by atoms with Crippen molar-refractivity contribution in [3.8, 4) is 5.75 Å². The Morgan fingerprint density at radius 3 is 2.64 bits per heavy atom. The van der Waals surface area contributed by atoms with Gasteiger partial charge in [0.15, 0.2) is 5.17 Å². The smallest absolute Gasteiger partial charge is 0.271 e. The van der Waals surface area contributed by atoms with E-state index in [1.807, 2.05) is 62.4 Å². The number of amides is 3. The number of aliphatic imine (C=N–C) groups is 2. The summed E-state index contributed by atoms with van der Waals surface area (Å²) >= 11 is 1.23. The number of thioether (sulfide) groups is 1. The largest absolute Gasteiger partial charge is 0.496 e. The summed E-state index contributed by atoms with van der Waals surface area (Å²) in [6.07, 6.45) is 0.732. The fraction of sp³-hybridized carbons (Fsp3) is 0.346. The van der Waals surface area contributed by atoms with Gasteiger partial charge in [-0.2, -0.15) is 4.99 Å². The lowest BCUT2D eigenvalue weighted by molar-refractivity contribution is -0.126. The van der Waals surface area contributed by atoms with Crippen LogP contribution in [0.2, 0.25) is 0 Å². The third-order valence-corrected chi connectivity index (χ3v) is 6.96. The summed E-state index contributed by atoms with van der Waals surface area (Å²) in [4.78, 5) is 48.9. The van der Waals surface area contributed by atoms with Crippen molar-refractivity contribution >= 4 is 46.2 Å². The van der Waals surface area contributed by atoms with Crippen molar-refractivity contribution in [2.75, 3.05) is 12.9 Å². The van der Waals surface area contributed by atoms with Gasteiger partial charge in [0.05, 0.1) is 25.0 Å². The summed E-state index contributed by atoms with van der Waals surface area (Å²) in [5.41, 5.74) is 2.22. The Labute approximate surface area is 214 Å². The molecule has 0 saturated carbocycles. The first-order valence-electron chi connectivity index (χ1n) is 11.8. The zero-order chi connectivity index (χ0) is 25.7. The maximum atomic E-state index is 13.0. The van der Waals surface area contributed by atoms with Crippen molar-refractivity contribution in [2.24, 2.45) is 9.98 Å². The molecule has 0 fully saturated rings. The second-order valence-electron chi connectivity index (χ2n) is 8.53. The van der Waals surface area contributed by atoms with Crippen LogP contribution in [-0.4, -0.2) is 58.6 Å². The molecule has 2 atom stereocenters. The van der Waals surface area contributed by atoms with E-state index in [9.17, 15) is 14.4 Å². The average molecular weight is 508 g/mol. The van der Waals surface area contributed by atoms with Gasteiger partial charge in [-0.15, -0.1) is 0 Å². The third-order valence-electron chi connectivity index (χ3n) is 6.01. The summed E-state index contributed by atoms with van der Waals surface area (Å²) in [6.45, 7) is 4.22. The minimum atomic E-state index is -0.838. The highest BCUT2D eigenvalue weighted by molar-refractivity contribution is 8.14. The number of amidine groups is 2. The topological polar surface area (TPSA) is 112 Å². The van der Waals surface area contributed by atoms with Crippen LogP contribution in [0.4, 0.5) is 5.69 Å². The van der Waals surface area contributed by atoms with Gasteiger partial charge in [-0.25, -0.2) is 4.99 Å². The van der Waals surface area contributed by atoms with Crippen molar-refractivity contribution in [1.29, 1.82) is 0 Å². The number of nitrogens with zero attached hydrogens (tertiary/aromatic N) is 3. The van der Waals surface area contributed by atoms with Crippen molar-refractivity contribution in [3.63, 3.8) is 0 Å². The summed E-state index contributed by atoms with van der Waals surface area (Å²) in [5.74, 6) is 0.439. The van der Waals surface area contributed by atoms with E-state index in [4.69, 9.17) is 9.73 Å². The molecule has 188 valence electrons. The second-order valence-corrected chi connectivity index (χ2v) is 9.47. The number of carbonyl (C=O) groups is 3. The van der Waals surface area contributed by atoms with E-state index in [-0.39, 0.29) is 36.6 Å². The predicted molar refractivity (Wildman–Crippen MR) is 141 cm³/mol. The van der Waals surface area contributed by atoms with Crippen LogP contribution in [-0.2, 0) is 20.9 Å². The van der Waals surface area contributed by atoms with Crippen LogP contribution in [0.1, 0.15) is 37.8 Å². The molecule has 36 heavy (non-hydrogen) atoms. The number of benzene rings is 2. The molecule has 3 amide bonds. The fourth-order valence-corrected chi connectivity index (χ4v) is 4.80. The van der Waals surface area contributed by atoms with Crippen molar-refractivity contribution in [3.05, 3.63) is 59.7 Å². The van der Waals surface area contributed by atoms with Crippen LogP contribution in [0.3, 0.4) is 0 Å². The lowest BCUT2D eigenvalue weighted by atomic mass is 10.1. The molecule has 0 aromatic heterocycles. The minimum Gasteiger partial charge on any atom is -0.496 e. The van der Waals surface area contributed by atoms with Crippen molar-refractivity contribution in [2.45, 2.75) is 45.3 Å². The lowest BCUT2D eigenvalue weighted by Crippen LogP contribution is -2.46. The summed E-state index contributed by atoms with van der Waals surface area (Å²) in [5, 5.41) is 6.28. The Kier molecular flexibility index (Phi) is 8.04. The number of fused-ring (bicyclic) bond motifs is 3. The van der Waals surface area contributed by atoms with Gasteiger partial charge in [-0.05, 0) is 31.5 Å². The standard InChI is InChI=1S/C26H29N5O4S/c1-4-16(2)28-23(33)15-36-26-29-19-11-7-6-10-18(19)24-30-25(34)20(31(24)26)13-22(32)27-14-17-9-5-8-12-21(17)35-3/h5-12,16,20H,4,13-15H2,1-3H3,(H,27,32)(H,28,33). The highest BCUT2D eigenvalue weighted by Gasteiger charge is 2.42. The lowest BCUT2D eigenvalue weighted by Gasteiger charge is -2.30. The molecule has 2 unspecified atom stereocenters. The highest BCUT2D eigenvalue weighted by atomic mass is 32.2. The molecule has 2 heterocycles. The highest BCUT2D eigenvalue weighted by Crippen LogP contribution is 2.34. The van der Waals surface area contributed by atoms with Crippen LogP contribution >= 0.6 is 11.8 Å². The first-order chi connectivity index (χ1) is 17.4. The Morgan fingerprint density at radius 1 is 1.11 bits per heavy atom. The second kappa shape index (κ2) is 11.4. The number of methoxy groups -OCH3 is 1. The number of para-hydroxylation sites is 2. The third kappa shape index (κ3) is 5.59. The molecule has 4 rings (SSSR count). The minimum absolute atomic E-state index is 0.0669. The molecule has 0 radical (unpaired) electrons. The van der Waals surface area contributed by atoms with E-state index in [1.54, 1.807) is 12.0 Å². The van der Waals surface area contributed by atoms with Gasteiger partial charge in [0.2, 0.25) is 11.8 Å². The Bertz CT molecular complexity index is 1230. The zero-order valence-corrected chi connectivity index (χ0v) is 21.3. The summed E-state index contributed by atoms with van der Waals surface area (Å²) < 4.78 is 5.34. The first-order valence-corrected chi connectivity index (χ1v) is 12.8. The number of ether oxygens (including phenoxy) is 1. The average Bonchev–Trinajstić information content (AvgIpc) is 3.22. The Morgan fingerprint density at radius 2 is 1.86 bits per heavy atom. The molecule has 0 aliphatic carbocycles. The molecule has 9 nitrogen and oxygen atoms in total. The van der Waals surface area contributed by atoms with Gasteiger partial charge in [0.25, 0.3) is 5.91 Å².